The first kappa shape index (κ1) is 10.5. The fraction of sp³-hybridized carbons (Fsp3) is 0.400. The van der Waals surface area contributed by atoms with Crippen molar-refractivity contribution in [2.24, 2.45) is 0 Å². The van der Waals surface area contributed by atoms with Crippen LogP contribution in [0.15, 0.2) is 22.7 Å². The summed E-state index contributed by atoms with van der Waals surface area (Å²) < 4.78 is 6.43. The summed E-state index contributed by atoms with van der Waals surface area (Å²) in [5.74, 6) is 0.853. The second-order valence-corrected chi connectivity index (χ2v) is 3.57. The summed E-state index contributed by atoms with van der Waals surface area (Å²) in [6, 6.07) is 5.84. The summed E-state index contributed by atoms with van der Waals surface area (Å²) in [4.78, 5) is 0. The van der Waals surface area contributed by atoms with Crippen LogP contribution >= 0.6 is 15.9 Å². The van der Waals surface area contributed by atoms with Crippen LogP contribution in [-0.4, -0.2) is 18.3 Å². The van der Waals surface area contributed by atoms with Gasteiger partial charge in [-0.15, -0.1) is 0 Å². The normalized spacial score (nSPS) is 10.1. The maximum Gasteiger partial charge on any atom is 0.123 e. The SMILES string of the molecule is CCOc1cc(Br)ccc1CCO. The van der Waals surface area contributed by atoms with Crippen LogP contribution < -0.4 is 4.74 Å². The van der Waals surface area contributed by atoms with Crippen LogP contribution in [0.25, 0.3) is 0 Å². The van der Waals surface area contributed by atoms with Crippen LogP contribution in [0.4, 0.5) is 0 Å². The summed E-state index contributed by atoms with van der Waals surface area (Å²) in [7, 11) is 0. The quantitative estimate of drug-likeness (QED) is 0.882. The van der Waals surface area contributed by atoms with Crippen molar-refractivity contribution in [1.82, 2.24) is 0 Å². The molecule has 1 rings (SSSR count). The van der Waals surface area contributed by atoms with Crippen LogP contribution in [0.1, 0.15) is 12.5 Å². The smallest absolute Gasteiger partial charge is 0.123 e. The maximum absolute atomic E-state index is 8.81. The number of halogens is 1. The van der Waals surface area contributed by atoms with Crippen molar-refractivity contribution in [2.45, 2.75) is 13.3 Å². The van der Waals surface area contributed by atoms with Gasteiger partial charge in [-0.3, -0.25) is 0 Å². The van der Waals surface area contributed by atoms with E-state index in [0.29, 0.717) is 13.0 Å². The summed E-state index contributed by atoms with van der Waals surface area (Å²) in [6.45, 7) is 2.75. The molecule has 0 atom stereocenters. The van der Waals surface area contributed by atoms with E-state index >= 15 is 0 Å². The Hall–Kier alpha value is -0.540. The first-order valence-corrected chi connectivity index (χ1v) is 5.09. The van der Waals surface area contributed by atoms with Gasteiger partial charge in [0.2, 0.25) is 0 Å². The van der Waals surface area contributed by atoms with Crippen LogP contribution in [-0.2, 0) is 6.42 Å². The molecule has 0 aromatic heterocycles. The van der Waals surface area contributed by atoms with Crippen LogP contribution in [0.3, 0.4) is 0 Å². The highest BCUT2D eigenvalue weighted by Crippen LogP contribution is 2.23. The Morgan fingerprint density at radius 3 is 2.85 bits per heavy atom. The van der Waals surface area contributed by atoms with Gasteiger partial charge in [0, 0.05) is 11.1 Å². The molecule has 0 saturated carbocycles. The lowest BCUT2D eigenvalue weighted by atomic mass is 10.1. The van der Waals surface area contributed by atoms with Crippen molar-refractivity contribution < 1.29 is 9.84 Å². The lowest BCUT2D eigenvalue weighted by molar-refractivity contribution is 0.292. The number of aliphatic hydroxyl groups is 1. The molecular weight excluding hydrogens is 232 g/mol. The largest absolute Gasteiger partial charge is 0.494 e. The van der Waals surface area contributed by atoms with Gasteiger partial charge in [-0.2, -0.15) is 0 Å². The van der Waals surface area contributed by atoms with Crippen molar-refractivity contribution in [3.05, 3.63) is 28.2 Å². The molecule has 72 valence electrons. The molecule has 1 aromatic carbocycles. The summed E-state index contributed by atoms with van der Waals surface area (Å²) in [6.07, 6.45) is 0.641. The third kappa shape index (κ3) is 3.01. The maximum atomic E-state index is 8.81. The highest BCUT2D eigenvalue weighted by Gasteiger charge is 2.02. The Bertz CT molecular complexity index is 274. The third-order valence-corrected chi connectivity index (χ3v) is 2.20. The second-order valence-electron chi connectivity index (χ2n) is 2.66. The molecule has 0 bridgehead atoms. The highest BCUT2D eigenvalue weighted by molar-refractivity contribution is 9.10. The molecule has 0 amide bonds. The number of hydrogen-bond donors (Lipinski definition) is 1. The Morgan fingerprint density at radius 2 is 2.23 bits per heavy atom. The van der Waals surface area contributed by atoms with Gasteiger partial charge in [0.25, 0.3) is 0 Å². The Balaban J connectivity index is 2.89. The van der Waals surface area contributed by atoms with E-state index in [4.69, 9.17) is 9.84 Å². The molecule has 1 N–H and O–H groups in total. The van der Waals surface area contributed by atoms with E-state index in [1.807, 2.05) is 25.1 Å². The minimum absolute atomic E-state index is 0.154. The Kier molecular flexibility index (Phi) is 4.25. The summed E-state index contributed by atoms with van der Waals surface area (Å²) >= 11 is 3.37. The molecule has 0 aliphatic heterocycles. The molecule has 0 unspecified atom stereocenters. The van der Waals surface area contributed by atoms with E-state index in [1.54, 1.807) is 0 Å². The van der Waals surface area contributed by atoms with Crippen LogP contribution in [0.2, 0.25) is 0 Å². The van der Waals surface area contributed by atoms with Gasteiger partial charge >= 0.3 is 0 Å². The molecule has 0 saturated heterocycles. The lowest BCUT2D eigenvalue weighted by Crippen LogP contribution is -1.98. The molecule has 0 heterocycles. The minimum atomic E-state index is 0.154. The number of rotatable bonds is 4. The second kappa shape index (κ2) is 5.25. The first-order chi connectivity index (χ1) is 6.27. The third-order valence-electron chi connectivity index (χ3n) is 1.71. The lowest BCUT2D eigenvalue weighted by Gasteiger charge is -2.09. The summed E-state index contributed by atoms with van der Waals surface area (Å²) in [5, 5.41) is 8.81. The molecule has 0 radical (unpaired) electrons. The van der Waals surface area contributed by atoms with E-state index in [1.165, 1.54) is 0 Å². The molecule has 1 aromatic rings. The molecule has 0 fully saturated rings. The number of benzene rings is 1. The standard InChI is InChI=1S/C10H13BrO2/c1-2-13-10-7-9(11)4-3-8(10)5-6-12/h3-4,7,12H,2,5-6H2,1H3. The topological polar surface area (TPSA) is 29.5 Å². The summed E-state index contributed by atoms with van der Waals surface area (Å²) in [5.41, 5.74) is 1.05. The van der Waals surface area contributed by atoms with E-state index in [-0.39, 0.29) is 6.61 Å². The van der Waals surface area contributed by atoms with Crippen molar-refractivity contribution in [3.63, 3.8) is 0 Å². The van der Waals surface area contributed by atoms with Crippen molar-refractivity contribution in [2.75, 3.05) is 13.2 Å². The monoisotopic (exact) mass is 244 g/mol. The Labute approximate surface area is 86.7 Å². The van der Waals surface area contributed by atoms with Crippen LogP contribution in [0, 0.1) is 0 Å². The zero-order valence-corrected chi connectivity index (χ0v) is 9.17. The van der Waals surface area contributed by atoms with E-state index < -0.39 is 0 Å². The van der Waals surface area contributed by atoms with E-state index in [2.05, 4.69) is 15.9 Å². The molecule has 0 spiro atoms. The predicted molar refractivity (Wildman–Crippen MR) is 56.1 cm³/mol. The van der Waals surface area contributed by atoms with Crippen molar-refractivity contribution >= 4 is 15.9 Å². The van der Waals surface area contributed by atoms with E-state index in [9.17, 15) is 0 Å². The minimum Gasteiger partial charge on any atom is -0.494 e. The molecule has 2 nitrogen and oxygen atoms in total. The fourth-order valence-corrected chi connectivity index (χ4v) is 1.49. The Morgan fingerprint density at radius 1 is 1.46 bits per heavy atom. The number of hydrogen-bond acceptors (Lipinski definition) is 2. The van der Waals surface area contributed by atoms with Gasteiger partial charge in [0.15, 0.2) is 0 Å². The van der Waals surface area contributed by atoms with E-state index in [0.717, 1.165) is 15.8 Å². The van der Waals surface area contributed by atoms with Crippen molar-refractivity contribution in [1.29, 1.82) is 0 Å². The predicted octanol–water partition coefficient (Wildman–Crippen LogP) is 2.38. The van der Waals surface area contributed by atoms with Gasteiger partial charge in [-0.25, -0.2) is 0 Å². The molecule has 13 heavy (non-hydrogen) atoms. The van der Waals surface area contributed by atoms with Gasteiger partial charge in [0.1, 0.15) is 5.75 Å². The highest BCUT2D eigenvalue weighted by atomic mass is 79.9. The first-order valence-electron chi connectivity index (χ1n) is 4.30. The fourth-order valence-electron chi connectivity index (χ4n) is 1.15. The van der Waals surface area contributed by atoms with Crippen molar-refractivity contribution in [3.8, 4) is 5.75 Å². The molecule has 3 heteroatoms. The molecule has 0 aliphatic rings. The van der Waals surface area contributed by atoms with Gasteiger partial charge in [0.05, 0.1) is 6.61 Å². The van der Waals surface area contributed by atoms with Gasteiger partial charge < -0.3 is 9.84 Å². The zero-order valence-electron chi connectivity index (χ0n) is 7.59. The molecular formula is C10H13BrO2. The van der Waals surface area contributed by atoms with Gasteiger partial charge in [-0.05, 0) is 31.0 Å². The average Bonchev–Trinajstić information content (AvgIpc) is 2.10. The van der Waals surface area contributed by atoms with Gasteiger partial charge in [-0.1, -0.05) is 22.0 Å². The zero-order chi connectivity index (χ0) is 9.68. The number of ether oxygens (including phenoxy) is 1. The molecule has 0 aliphatic carbocycles. The average molecular weight is 245 g/mol. The van der Waals surface area contributed by atoms with Crippen LogP contribution in [0.5, 0.6) is 5.75 Å². The number of aliphatic hydroxyl groups excluding tert-OH is 1.